The van der Waals surface area contributed by atoms with Crippen molar-refractivity contribution in [2.24, 2.45) is 5.41 Å². The molecule has 0 unspecified atom stereocenters. The SMILES string of the molecule is CN1CCC[C@]2(CO)CCN(C(=O)CC(C)(C)c3ccccc3)C[C@@H]12.O=CO. The number of hydrogen-bond donors (Lipinski definition) is 2. The van der Waals surface area contributed by atoms with Gasteiger partial charge in [-0.15, -0.1) is 0 Å². The number of aliphatic hydroxyl groups is 1. The van der Waals surface area contributed by atoms with Crippen LogP contribution in [0.5, 0.6) is 0 Å². The molecule has 2 fully saturated rings. The number of benzene rings is 1. The summed E-state index contributed by atoms with van der Waals surface area (Å²) in [5.74, 6) is 0.236. The topological polar surface area (TPSA) is 81.1 Å². The fourth-order valence-electron chi connectivity index (χ4n) is 4.72. The molecule has 1 aromatic rings. The van der Waals surface area contributed by atoms with Crippen molar-refractivity contribution in [3.05, 3.63) is 35.9 Å². The molecule has 6 heteroatoms. The Balaban J connectivity index is 0.000000878. The largest absolute Gasteiger partial charge is 0.483 e. The minimum atomic E-state index is -0.250. The second-order valence-corrected chi connectivity index (χ2v) is 8.74. The van der Waals surface area contributed by atoms with Crippen LogP contribution < -0.4 is 0 Å². The van der Waals surface area contributed by atoms with E-state index in [1.807, 2.05) is 23.1 Å². The van der Waals surface area contributed by atoms with Gasteiger partial charge in [-0.3, -0.25) is 9.59 Å². The van der Waals surface area contributed by atoms with E-state index in [0.29, 0.717) is 6.42 Å². The molecule has 3 rings (SSSR count). The Morgan fingerprint density at radius 2 is 1.89 bits per heavy atom. The lowest BCUT2D eigenvalue weighted by Gasteiger charge is -2.53. The number of nitrogens with zero attached hydrogens (tertiary/aromatic N) is 2. The maximum Gasteiger partial charge on any atom is 0.290 e. The molecule has 0 radical (unpaired) electrons. The highest BCUT2D eigenvalue weighted by molar-refractivity contribution is 5.78. The minimum absolute atomic E-state index is 0.0152. The van der Waals surface area contributed by atoms with Gasteiger partial charge in [-0.05, 0) is 43.8 Å². The maximum absolute atomic E-state index is 13.0. The molecular formula is C22H34N2O4. The number of fused-ring (bicyclic) bond motifs is 1. The first-order valence-electron chi connectivity index (χ1n) is 10.0. The van der Waals surface area contributed by atoms with Gasteiger partial charge in [-0.1, -0.05) is 44.2 Å². The molecule has 0 aliphatic carbocycles. The summed E-state index contributed by atoms with van der Waals surface area (Å²) >= 11 is 0. The highest BCUT2D eigenvalue weighted by atomic mass is 16.3. The zero-order chi connectivity index (χ0) is 20.8. The lowest BCUT2D eigenvalue weighted by molar-refractivity contribution is -0.141. The molecule has 2 atom stereocenters. The van der Waals surface area contributed by atoms with Gasteiger partial charge in [0.2, 0.25) is 5.91 Å². The first-order valence-corrected chi connectivity index (χ1v) is 10.0. The number of carbonyl (C=O) groups excluding carboxylic acids is 1. The van der Waals surface area contributed by atoms with Crippen molar-refractivity contribution in [1.29, 1.82) is 0 Å². The Kier molecular flexibility index (Phi) is 7.61. The van der Waals surface area contributed by atoms with Gasteiger partial charge in [0.15, 0.2) is 0 Å². The standard InChI is InChI=1S/C21H32N2O2.CH2O2/c1-20(2,17-8-5-4-6-9-17)14-19(25)23-13-11-21(16-24)10-7-12-22(3)18(21)15-23;2-1-3/h4-6,8-9,18,24H,7,10-16H2,1-3H3;1H,(H,2,3)/t18-,21-;/m1./s1. The predicted octanol–water partition coefficient (Wildman–Crippen LogP) is 2.36. The second-order valence-electron chi connectivity index (χ2n) is 8.74. The molecule has 2 heterocycles. The van der Waals surface area contributed by atoms with Gasteiger partial charge >= 0.3 is 0 Å². The molecule has 6 nitrogen and oxygen atoms in total. The summed E-state index contributed by atoms with van der Waals surface area (Å²) < 4.78 is 0. The number of carbonyl (C=O) groups is 2. The molecular weight excluding hydrogens is 356 g/mol. The number of carboxylic acid groups (broad SMARTS) is 1. The van der Waals surface area contributed by atoms with Crippen LogP contribution in [0.3, 0.4) is 0 Å². The fourth-order valence-corrected chi connectivity index (χ4v) is 4.72. The third-order valence-corrected chi connectivity index (χ3v) is 6.51. The lowest BCUT2D eigenvalue weighted by Crippen LogP contribution is -2.62. The summed E-state index contributed by atoms with van der Waals surface area (Å²) in [6.07, 6.45) is 3.66. The molecule has 1 aromatic carbocycles. The van der Waals surface area contributed by atoms with E-state index in [1.165, 1.54) is 5.56 Å². The van der Waals surface area contributed by atoms with Gasteiger partial charge in [0.25, 0.3) is 6.47 Å². The van der Waals surface area contributed by atoms with Crippen molar-refractivity contribution in [2.45, 2.75) is 51.0 Å². The molecule has 156 valence electrons. The van der Waals surface area contributed by atoms with Crippen LogP contribution in [0.2, 0.25) is 0 Å². The van der Waals surface area contributed by atoms with Crippen LogP contribution in [0.15, 0.2) is 30.3 Å². The van der Waals surface area contributed by atoms with Crippen LogP contribution in [0.4, 0.5) is 0 Å². The number of amides is 1. The van der Waals surface area contributed by atoms with E-state index in [-0.39, 0.29) is 35.9 Å². The molecule has 2 aliphatic rings. The third-order valence-electron chi connectivity index (χ3n) is 6.51. The van der Waals surface area contributed by atoms with Gasteiger partial charge in [-0.25, -0.2) is 0 Å². The van der Waals surface area contributed by atoms with Crippen molar-refractivity contribution in [1.82, 2.24) is 9.80 Å². The normalized spacial score (nSPS) is 25.3. The summed E-state index contributed by atoms with van der Waals surface area (Å²) in [4.78, 5) is 25.7. The van der Waals surface area contributed by atoms with Gasteiger partial charge in [0, 0.05) is 31.0 Å². The average Bonchev–Trinajstić information content (AvgIpc) is 2.69. The predicted molar refractivity (Wildman–Crippen MR) is 109 cm³/mol. The second kappa shape index (κ2) is 9.52. The number of likely N-dealkylation sites (tertiary alicyclic amines) is 2. The van der Waals surface area contributed by atoms with E-state index < -0.39 is 0 Å². The van der Waals surface area contributed by atoms with E-state index in [4.69, 9.17) is 9.90 Å². The van der Waals surface area contributed by atoms with Gasteiger partial charge in [0.1, 0.15) is 0 Å². The summed E-state index contributed by atoms with van der Waals surface area (Å²) in [5, 5.41) is 16.9. The quantitative estimate of drug-likeness (QED) is 0.772. The Hall–Kier alpha value is -1.92. The Morgan fingerprint density at radius 1 is 1.25 bits per heavy atom. The highest BCUT2D eigenvalue weighted by Gasteiger charge is 2.47. The Morgan fingerprint density at radius 3 is 2.50 bits per heavy atom. The van der Waals surface area contributed by atoms with Crippen LogP contribution in [0.1, 0.15) is 45.1 Å². The average molecular weight is 391 g/mol. The van der Waals surface area contributed by atoms with Crippen LogP contribution in [0, 0.1) is 5.41 Å². The molecule has 2 aliphatic heterocycles. The molecule has 0 spiro atoms. The third kappa shape index (κ3) is 4.92. The number of aliphatic hydroxyl groups excluding tert-OH is 1. The van der Waals surface area contributed by atoms with Crippen LogP contribution >= 0.6 is 0 Å². The molecule has 0 bridgehead atoms. The van der Waals surface area contributed by atoms with E-state index in [1.54, 1.807) is 0 Å². The van der Waals surface area contributed by atoms with E-state index in [0.717, 1.165) is 38.9 Å². The molecule has 1 amide bonds. The van der Waals surface area contributed by atoms with Crippen molar-refractivity contribution >= 4 is 12.4 Å². The Labute approximate surface area is 168 Å². The molecule has 0 aromatic heterocycles. The van der Waals surface area contributed by atoms with E-state index >= 15 is 0 Å². The van der Waals surface area contributed by atoms with Crippen LogP contribution in [0.25, 0.3) is 0 Å². The summed E-state index contributed by atoms with van der Waals surface area (Å²) in [7, 11) is 2.14. The number of likely N-dealkylation sites (N-methyl/N-ethyl adjacent to an activating group) is 1. The van der Waals surface area contributed by atoms with Crippen LogP contribution in [-0.2, 0) is 15.0 Å². The Bertz CT molecular complexity index is 649. The van der Waals surface area contributed by atoms with E-state index in [2.05, 4.69) is 37.9 Å². The molecule has 2 N–H and O–H groups in total. The van der Waals surface area contributed by atoms with Crippen molar-refractivity contribution in [2.75, 3.05) is 33.3 Å². The first-order chi connectivity index (χ1) is 13.3. The zero-order valence-corrected chi connectivity index (χ0v) is 17.3. The van der Waals surface area contributed by atoms with Crippen molar-refractivity contribution < 1.29 is 19.8 Å². The minimum Gasteiger partial charge on any atom is -0.483 e. The number of rotatable bonds is 4. The van der Waals surface area contributed by atoms with Gasteiger partial charge < -0.3 is 20.0 Å². The van der Waals surface area contributed by atoms with Crippen LogP contribution in [-0.4, -0.2) is 71.7 Å². The van der Waals surface area contributed by atoms with Gasteiger partial charge in [-0.2, -0.15) is 0 Å². The first kappa shape index (κ1) is 22.4. The zero-order valence-electron chi connectivity index (χ0n) is 17.3. The summed E-state index contributed by atoms with van der Waals surface area (Å²) in [6, 6.07) is 10.6. The monoisotopic (exact) mass is 390 g/mol. The maximum atomic E-state index is 13.0. The smallest absolute Gasteiger partial charge is 0.290 e. The summed E-state index contributed by atoms with van der Waals surface area (Å²) in [6.45, 7) is 6.86. The molecule has 2 saturated heterocycles. The lowest BCUT2D eigenvalue weighted by atomic mass is 9.69. The molecule has 0 saturated carbocycles. The highest BCUT2D eigenvalue weighted by Crippen LogP contribution is 2.42. The molecule has 28 heavy (non-hydrogen) atoms. The number of hydrogen-bond acceptors (Lipinski definition) is 4. The van der Waals surface area contributed by atoms with E-state index in [9.17, 15) is 9.90 Å². The number of piperidine rings is 2. The summed E-state index contributed by atoms with van der Waals surface area (Å²) in [5.41, 5.74) is 1.03. The fraction of sp³-hybridized carbons (Fsp3) is 0.636. The van der Waals surface area contributed by atoms with Crippen molar-refractivity contribution in [3.63, 3.8) is 0 Å². The van der Waals surface area contributed by atoms with Crippen molar-refractivity contribution in [3.8, 4) is 0 Å². The van der Waals surface area contributed by atoms with Gasteiger partial charge in [0.05, 0.1) is 6.61 Å².